The molecular weight excluding hydrogens is 224 g/mol. The van der Waals surface area contributed by atoms with E-state index >= 15 is 0 Å². The summed E-state index contributed by atoms with van der Waals surface area (Å²) >= 11 is 1.55. The third-order valence-electron chi connectivity index (χ3n) is 2.14. The second-order valence-corrected chi connectivity index (χ2v) is 4.39. The third-order valence-corrected chi connectivity index (χ3v) is 3.29. The van der Waals surface area contributed by atoms with Crippen molar-refractivity contribution >= 4 is 17.7 Å². The minimum absolute atomic E-state index is 0.299. The van der Waals surface area contributed by atoms with Crippen molar-refractivity contribution in [3.63, 3.8) is 0 Å². The van der Waals surface area contributed by atoms with Gasteiger partial charge in [-0.15, -0.1) is 0 Å². The molecule has 0 amide bonds. The zero-order valence-corrected chi connectivity index (χ0v) is 9.45. The van der Waals surface area contributed by atoms with Crippen molar-refractivity contribution in [2.24, 2.45) is 0 Å². The predicted molar refractivity (Wildman–Crippen MR) is 61.0 cm³/mol. The van der Waals surface area contributed by atoms with Crippen LogP contribution in [-0.2, 0) is 0 Å². The zero-order chi connectivity index (χ0) is 11.5. The molecule has 0 atom stereocenters. The van der Waals surface area contributed by atoms with Crippen LogP contribution in [0.2, 0.25) is 0 Å². The highest BCUT2D eigenvalue weighted by Crippen LogP contribution is 2.30. The van der Waals surface area contributed by atoms with Crippen molar-refractivity contribution in [1.82, 2.24) is 0 Å². The lowest BCUT2D eigenvalue weighted by atomic mass is 10.2. The molecule has 0 saturated carbocycles. The second-order valence-electron chi connectivity index (χ2n) is 3.27. The van der Waals surface area contributed by atoms with Gasteiger partial charge < -0.3 is 9.52 Å². The van der Waals surface area contributed by atoms with Crippen LogP contribution in [0.5, 0.6) is 0 Å². The van der Waals surface area contributed by atoms with Crippen LogP contribution in [0.3, 0.4) is 0 Å². The first-order valence-corrected chi connectivity index (χ1v) is 5.54. The molecule has 0 radical (unpaired) electrons. The van der Waals surface area contributed by atoms with Crippen LogP contribution in [0.15, 0.2) is 50.8 Å². The van der Waals surface area contributed by atoms with Gasteiger partial charge in [0.05, 0.1) is 16.7 Å². The van der Waals surface area contributed by atoms with Crippen LogP contribution in [-0.4, -0.2) is 11.1 Å². The van der Waals surface area contributed by atoms with Crippen LogP contribution in [0.4, 0.5) is 0 Å². The number of hydrogen-bond donors (Lipinski definition) is 1. The maximum atomic E-state index is 10.7. The predicted octanol–water partition coefficient (Wildman–Crippen LogP) is 3.44. The molecule has 1 N–H and O–H groups in total. The van der Waals surface area contributed by atoms with Gasteiger partial charge in [-0.3, -0.25) is 0 Å². The van der Waals surface area contributed by atoms with Gasteiger partial charge in [0.15, 0.2) is 0 Å². The monoisotopic (exact) mass is 234 g/mol. The van der Waals surface area contributed by atoms with Gasteiger partial charge in [0.1, 0.15) is 5.76 Å². The summed E-state index contributed by atoms with van der Waals surface area (Å²) in [5, 5.41) is 8.75. The van der Waals surface area contributed by atoms with E-state index in [9.17, 15) is 4.79 Å². The van der Waals surface area contributed by atoms with Crippen LogP contribution < -0.4 is 0 Å². The molecule has 0 bridgehead atoms. The molecule has 2 aromatic rings. The first-order valence-electron chi connectivity index (χ1n) is 4.72. The van der Waals surface area contributed by atoms with Crippen LogP contribution in [0.25, 0.3) is 0 Å². The standard InChI is InChI=1S/C12H10O3S/c1-8-11(6-7-15-8)16-10-4-2-9(3-5-10)12(13)14/h2-7H,1H3,(H,13,14). The molecule has 2 rings (SSSR count). The molecule has 1 aromatic carbocycles. The number of carboxylic acids is 1. The summed E-state index contributed by atoms with van der Waals surface area (Å²) in [6.45, 7) is 1.90. The van der Waals surface area contributed by atoms with Gasteiger partial charge in [0, 0.05) is 4.90 Å². The lowest BCUT2D eigenvalue weighted by Gasteiger charge is -2.00. The lowest BCUT2D eigenvalue weighted by Crippen LogP contribution is -1.94. The summed E-state index contributed by atoms with van der Waals surface area (Å²) in [5.41, 5.74) is 0.299. The molecule has 3 nitrogen and oxygen atoms in total. The lowest BCUT2D eigenvalue weighted by molar-refractivity contribution is 0.0697. The number of benzene rings is 1. The minimum Gasteiger partial charge on any atom is -0.478 e. The van der Waals surface area contributed by atoms with Gasteiger partial charge in [-0.25, -0.2) is 4.79 Å². The van der Waals surface area contributed by atoms with Gasteiger partial charge in [-0.05, 0) is 37.3 Å². The SMILES string of the molecule is Cc1occc1Sc1ccc(C(=O)O)cc1. The molecular formula is C12H10O3S. The fourth-order valence-electron chi connectivity index (χ4n) is 1.27. The highest BCUT2D eigenvalue weighted by Gasteiger charge is 2.05. The molecule has 1 aromatic heterocycles. The summed E-state index contributed by atoms with van der Waals surface area (Å²) in [6.07, 6.45) is 1.64. The van der Waals surface area contributed by atoms with E-state index in [0.29, 0.717) is 5.56 Å². The van der Waals surface area contributed by atoms with E-state index in [-0.39, 0.29) is 0 Å². The normalized spacial score (nSPS) is 10.3. The number of hydrogen-bond acceptors (Lipinski definition) is 3. The quantitative estimate of drug-likeness (QED) is 0.883. The fourth-order valence-corrected chi connectivity index (χ4v) is 2.11. The zero-order valence-electron chi connectivity index (χ0n) is 8.64. The first-order chi connectivity index (χ1) is 7.66. The van der Waals surface area contributed by atoms with Gasteiger partial charge in [-0.2, -0.15) is 0 Å². The number of carboxylic acid groups (broad SMARTS) is 1. The van der Waals surface area contributed by atoms with E-state index in [2.05, 4.69) is 0 Å². The van der Waals surface area contributed by atoms with E-state index in [4.69, 9.17) is 9.52 Å². The Labute approximate surface area is 97.1 Å². The van der Waals surface area contributed by atoms with Gasteiger partial charge in [0.2, 0.25) is 0 Å². The molecule has 0 spiro atoms. The van der Waals surface area contributed by atoms with Crippen molar-refractivity contribution < 1.29 is 14.3 Å². The van der Waals surface area contributed by atoms with E-state index < -0.39 is 5.97 Å². The smallest absolute Gasteiger partial charge is 0.335 e. The van der Waals surface area contributed by atoms with Gasteiger partial charge in [0.25, 0.3) is 0 Å². The molecule has 0 aliphatic rings. The Hall–Kier alpha value is -1.68. The van der Waals surface area contributed by atoms with Crippen molar-refractivity contribution in [3.05, 3.63) is 47.9 Å². The first kappa shape index (κ1) is 10.8. The Balaban J connectivity index is 2.17. The second kappa shape index (κ2) is 4.45. The highest BCUT2D eigenvalue weighted by molar-refractivity contribution is 7.99. The van der Waals surface area contributed by atoms with Crippen molar-refractivity contribution in [3.8, 4) is 0 Å². The summed E-state index contributed by atoms with van der Waals surface area (Å²) < 4.78 is 5.18. The van der Waals surface area contributed by atoms with Crippen LogP contribution >= 0.6 is 11.8 Å². The molecule has 0 unspecified atom stereocenters. The Morgan fingerprint density at radius 3 is 2.44 bits per heavy atom. The summed E-state index contributed by atoms with van der Waals surface area (Å²) in [7, 11) is 0. The molecule has 82 valence electrons. The molecule has 0 fully saturated rings. The third kappa shape index (κ3) is 2.28. The molecule has 0 saturated heterocycles. The average molecular weight is 234 g/mol. The molecule has 0 aliphatic heterocycles. The largest absolute Gasteiger partial charge is 0.478 e. The number of aryl methyl sites for hydroxylation is 1. The fraction of sp³-hybridized carbons (Fsp3) is 0.0833. The molecule has 1 heterocycles. The van der Waals surface area contributed by atoms with E-state index in [1.165, 1.54) is 0 Å². The Kier molecular flexibility index (Phi) is 3.01. The van der Waals surface area contributed by atoms with E-state index in [1.54, 1.807) is 42.3 Å². The number of carbonyl (C=O) groups is 1. The number of rotatable bonds is 3. The average Bonchev–Trinajstić information content (AvgIpc) is 2.65. The Morgan fingerprint density at radius 2 is 1.94 bits per heavy atom. The van der Waals surface area contributed by atoms with Crippen molar-refractivity contribution in [2.75, 3.05) is 0 Å². The van der Waals surface area contributed by atoms with Gasteiger partial charge >= 0.3 is 5.97 Å². The Morgan fingerprint density at radius 1 is 1.25 bits per heavy atom. The maximum Gasteiger partial charge on any atom is 0.335 e. The van der Waals surface area contributed by atoms with E-state index in [0.717, 1.165) is 15.6 Å². The molecule has 4 heteroatoms. The van der Waals surface area contributed by atoms with Crippen LogP contribution in [0, 0.1) is 6.92 Å². The van der Waals surface area contributed by atoms with Gasteiger partial charge in [-0.1, -0.05) is 11.8 Å². The minimum atomic E-state index is -0.906. The molecule has 0 aliphatic carbocycles. The van der Waals surface area contributed by atoms with E-state index in [1.807, 2.05) is 13.0 Å². The van der Waals surface area contributed by atoms with Crippen molar-refractivity contribution in [2.45, 2.75) is 16.7 Å². The number of furan rings is 1. The highest BCUT2D eigenvalue weighted by atomic mass is 32.2. The topological polar surface area (TPSA) is 50.4 Å². The maximum absolute atomic E-state index is 10.7. The number of aromatic carboxylic acids is 1. The summed E-state index contributed by atoms with van der Waals surface area (Å²) in [5.74, 6) is -0.0386. The van der Waals surface area contributed by atoms with Crippen molar-refractivity contribution in [1.29, 1.82) is 0 Å². The Bertz CT molecular complexity index is 499. The summed E-state index contributed by atoms with van der Waals surface area (Å²) in [6, 6.07) is 8.67. The molecule has 16 heavy (non-hydrogen) atoms. The van der Waals surface area contributed by atoms with Crippen LogP contribution in [0.1, 0.15) is 16.1 Å². The summed E-state index contributed by atoms with van der Waals surface area (Å²) in [4.78, 5) is 12.7.